The quantitative estimate of drug-likeness (QED) is 0.621. The van der Waals surface area contributed by atoms with Crippen LogP contribution in [-0.2, 0) is 34.1 Å². The van der Waals surface area contributed by atoms with Crippen LogP contribution in [0.4, 0.5) is 18.9 Å². The molecule has 2 aromatic carbocycles. The van der Waals surface area contributed by atoms with Crippen molar-refractivity contribution in [3.63, 3.8) is 0 Å². The van der Waals surface area contributed by atoms with Gasteiger partial charge in [-0.05, 0) is 62.2 Å². The van der Waals surface area contributed by atoms with Crippen molar-refractivity contribution in [2.45, 2.75) is 45.1 Å². The number of benzene rings is 2. The number of nitrogens with zero attached hydrogens (tertiary/aromatic N) is 2. The normalized spacial score (nSPS) is 15.9. The number of carbonyl (C=O) groups excluding carboxylic acids is 1. The summed E-state index contributed by atoms with van der Waals surface area (Å²) in [5.41, 5.74) is 0.801. The van der Waals surface area contributed by atoms with Gasteiger partial charge in [-0.2, -0.15) is 13.2 Å². The van der Waals surface area contributed by atoms with Gasteiger partial charge in [0.15, 0.2) is 0 Å². The van der Waals surface area contributed by atoms with Crippen LogP contribution in [0.25, 0.3) is 0 Å². The Kier molecular flexibility index (Phi) is 7.69. The number of halogens is 3. The van der Waals surface area contributed by atoms with Crippen LogP contribution in [0.3, 0.4) is 0 Å². The summed E-state index contributed by atoms with van der Waals surface area (Å²) in [6, 6.07) is 10.5. The van der Waals surface area contributed by atoms with Crippen LogP contribution in [0.1, 0.15) is 36.5 Å². The number of likely N-dealkylation sites (tertiary alicyclic amines) is 1. The summed E-state index contributed by atoms with van der Waals surface area (Å²) in [4.78, 5) is 15.1. The minimum atomic E-state index is -4.63. The maximum Gasteiger partial charge on any atom is 0.416 e. The summed E-state index contributed by atoms with van der Waals surface area (Å²) in [6.45, 7) is 4.59. The number of nitrogens with one attached hydrogen (secondary N) is 1. The van der Waals surface area contributed by atoms with Gasteiger partial charge in [0.25, 0.3) is 0 Å². The van der Waals surface area contributed by atoms with E-state index in [0.29, 0.717) is 4.31 Å². The molecule has 0 saturated carbocycles. The maximum atomic E-state index is 13.1. The van der Waals surface area contributed by atoms with E-state index in [1.54, 1.807) is 0 Å². The fraction of sp³-hybridized carbons (Fsp3) is 0.435. The van der Waals surface area contributed by atoms with Crippen molar-refractivity contribution < 1.29 is 26.4 Å². The zero-order valence-electron chi connectivity index (χ0n) is 18.6. The van der Waals surface area contributed by atoms with Gasteiger partial charge in [0, 0.05) is 13.1 Å². The molecule has 1 N–H and O–H groups in total. The van der Waals surface area contributed by atoms with Crippen LogP contribution in [0.5, 0.6) is 0 Å². The number of anilines is 1. The molecular weight excluding hydrogens is 455 g/mol. The third kappa shape index (κ3) is 6.70. The third-order valence-electron chi connectivity index (χ3n) is 5.61. The first-order valence-electron chi connectivity index (χ1n) is 10.7. The molecule has 0 radical (unpaired) electrons. The van der Waals surface area contributed by atoms with Crippen LogP contribution < -0.4 is 9.62 Å². The molecule has 1 fully saturated rings. The molecule has 33 heavy (non-hydrogen) atoms. The van der Waals surface area contributed by atoms with Crippen molar-refractivity contribution in [3.05, 3.63) is 65.2 Å². The average molecular weight is 484 g/mol. The molecule has 0 bridgehead atoms. The molecule has 2 aromatic rings. The molecule has 1 amide bonds. The molecule has 0 spiro atoms. The van der Waals surface area contributed by atoms with E-state index in [0.717, 1.165) is 49.7 Å². The lowest BCUT2D eigenvalue weighted by atomic mass is 10.1. The summed E-state index contributed by atoms with van der Waals surface area (Å²) in [5.74, 6) is -0.612. The van der Waals surface area contributed by atoms with E-state index in [1.165, 1.54) is 31.4 Å². The molecule has 1 heterocycles. The Labute approximate surface area is 192 Å². The monoisotopic (exact) mass is 483 g/mol. The second-order valence-corrected chi connectivity index (χ2v) is 10.2. The second kappa shape index (κ2) is 10.1. The highest BCUT2D eigenvalue weighted by Gasteiger charge is 2.34. The highest BCUT2D eigenvalue weighted by molar-refractivity contribution is 7.92. The van der Waals surface area contributed by atoms with E-state index in [4.69, 9.17) is 0 Å². The van der Waals surface area contributed by atoms with Crippen molar-refractivity contribution >= 4 is 21.6 Å². The Morgan fingerprint density at radius 2 is 1.70 bits per heavy atom. The largest absolute Gasteiger partial charge is 0.416 e. The third-order valence-corrected chi connectivity index (χ3v) is 6.85. The summed E-state index contributed by atoms with van der Waals surface area (Å²) in [6.07, 6.45) is -1.34. The van der Waals surface area contributed by atoms with Crippen LogP contribution in [-0.4, -0.2) is 44.6 Å². The first-order valence-corrected chi connectivity index (χ1v) is 12.5. The molecule has 0 aliphatic carbocycles. The lowest BCUT2D eigenvalue weighted by Gasteiger charge is -2.28. The number of carbonyl (C=O) groups is 1. The summed E-state index contributed by atoms with van der Waals surface area (Å²) in [5, 5.41) is 2.68. The predicted molar refractivity (Wildman–Crippen MR) is 121 cm³/mol. The van der Waals surface area contributed by atoms with Crippen molar-refractivity contribution in [2.24, 2.45) is 0 Å². The Hall–Kier alpha value is -2.59. The van der Waals surface area contributed by atoms with Crippen LogP contribution in [0.15, 0.2) is 48.5 Å². The Morgan fingerprint density at radius 3 is 2.27 bits per heavy atom. The molecule has 1 aliphatic heterocycles. The SMILES string of the molecule is C[C@H](C(=O)NCc1ccc(CN2CCCC2)cc1)N(c1cccc(C(F)(F)F)c1)S(C)(=O)=O. The number of amides is 1. The van der Waals surface area contributed by atoms with Gasteiger partial charge >= 0.3 is 6.18 Å². The van der Waals surface area contributed by atoms with Crippen LogP contribution in [0.2, 0.25) is 0 Å². The van der Waals surface area contributed by atoms with Gasteiger partial charge in [0.2, 0.25) is 15.9 Å². The predicted octanol–water partition coefficient (Wildman–Crippen LogP) is 3.77. The maximum absolute atomic E-state index is 13.1. The zero-order chi connectivity index (χ0) is 24.2. The molecule has 1 aliphatic rings. The lowest BCUT2D eigenvalue weighted by Crippen LogP contribution is -2.47. The number of hydrogen-bond donors (Lipinski definition) is 1. The summed E-state index contributed by atoms with van der Waals surface area (Å²) < 4.78 is 64.7. The van der Waals surface area contributed by atoms with E-state index in [1.807, 2.05) is 24.3 Å². The van der Waals surface area contributed by atoms with Crippen molar-refractivity contribution in [1.82, 2.24) is 10.2 Å². The lowest BCUT2D eigenvalue weighted by molar-refractivity contribution is -0.137. The van der Waals surface area contributed by atoms with Gasteiger partial charge < -0.3 is 5.32 Å². The molecule has 3 rings (SSSR count). The Morgan fingerprint density at radius 1 is 1.09 bits per heavy atom. The fourth-order valence-electron chi connectivity index (χ4n) is 3.93. The minimum Gasteiger partial charge on any atom is -0.350 e. The molecule has 0 aromatic heterocycles. The zero-order valence-corrected chi connectivity index (χ0v) is 19.4. The van der Waals surface area contributed by atoms with Gasteiger partial charge in [-0.3, -0.25) is 14.0 Å². The molecular formula is C23H28F3N3O3S. The highest BCUT2D eigenvalue weighted by Crippen LogP contribution is 2.32. The highest BCUT2D eigenvalue weighted by atomic mass is 32.2. The molecule has 180 valence electrons. The van der Waals surface area contributed by atoms with E-state index in [-0.39, 0.29) is 12.2 Å². The van der Waals surface area contributed by atoms with E-state index >= 15 is 0 Å². The number of hydrogen-bond acceptors (Lipinski definition) is 4. The first kappa shape index (κ1) is 25.0. The number of rotatable bonds is 8. The van der Waals surface area contributed by atoms with Gasteiger partial charge in [-0.15, -0.1) is 0 Å². The van der Waals surface area contributed by atoms with E-state index in [9.17, 15) is 26.4 Å². The van der Waals surface area contributed by atoms with Crippen LogP contribution >= 0.6 is 0 Å². The summed E-state index contributed by atoms with van der Waals surface area (Å²) in [7, 11) is -4.02. The minimum absolute atomic E-state index is 0.174. The molecule has 0 unspecified atom stereocenters. The molecule has 6 nitrogen and oxygen atoms in total. The first-order chi connectivity index (χ1) is 15.4. The van der Waals surface area contributed by atoms with Gasteiger partial charge in [0.05, 0.1) is 17.5 Å². The van der Waals surface area contributed by atoms with Crippen molar-refractivity contribution in [2.75, 3.05) is 23.7 Å². The standard InChI is InChI=1S/C23H28F3N3O3S/c1-17(29(33(2,31)32)21-7-5-6-20(14-21)23(24,25)26)22(30)27-15-18-8-10-19(11-9-18)16-28-12-3-4-13-28/h5-11,14,17H,3-4,12-13,15-16H2,1-2H3,(H,27,30)/t17-/m1/s1. The van der Waals surface area contributed by atoms with E-state index < -0.39 is 33.7 Å². The van der Waals surface area contributed by atoms with Gasteiger partial charge in [0.1, 0.15) is 6.04 Å². The second-order valence-electron chi connectivity index (χ2n) is 8.30. The van der Waals surface area contributed by atoms with Crippen molar-refractivity contribution in [1.29, 1.82) is 0 Å². The van der Waals surface area contributed by atoms with Gasteiger partial charge in [-0.25, -0.2) is 8.42 Å². The smallest absolute Gasteiger partial charge is 0.350 e. The Balaban J connectivity index is 1.67. The topological polar surface area (TPSA) is 69.7 Å². The summed E-state index contributed by atoms with van der Waals surface area (Å²) >= 11 is 0. The van der Waals surface area contributed by atoms with E-state index in [2.05, 4.69) is 10.2 Å². The van der Waals surface area contributed by atoms with Crippen LogP contribution in [0, 0.1) is 0 Å². The fourth-order valence-corrected chi connectivity index (χ4v) is 5.09. The number of alkyl halides is 3. The van der Waals surface area contributed by atoms with Crippen molar-refractivity contribution in [3.8, 4) is 0 Å². The van der Waals surface area contributed by atoms with Gasteiger partial charge in [-0.1, -0.05) is 30.3 Å². The molecule has 1 atom stereocenters. The average Bonchev–Trinajstić information content (AvgIpc) is 3.25. The molecule has 10 heteroatoms. The Bertz CT molecular complexity index is 1070. The number of sulfonamides is 1. The molecule has 1 saturated heterocycles.